The zero-order chi connectivity index (χ0) is 13.8. The average molecular weight is 329 g/mol. The maximum Gasteiger partial charge on any atom is 0.137 e. The van der Waals surface area contributed by atoms with Crippen LogP contribution in [0.3, 0.4) is 0 Å². The van der Waals surface area contributed by atoms with Gasteiger partial charge in [-0.25, -0.2) is 4.39 Å². The number of hydrogen-bond acceptors (Lipinski definition) is 2. The second-order valence-corrected chi connectivity index (χ2v) is 6.17. The van der Waals surface area contributed by atoms with Crippen LogP contribution in [0.4, 0.5) is 4.39 Å². The van der Waals surface area contributed by atoms with Crippen LogP contribution < -0.4 is 5.73 Å². The summed E-state index contributed by atoms with van der Waals surface area (Å²) in [6, 6.07) is 5.43. The van der Waals surface area contributed by atoms with Crippen molar-refractivity contribution in [2.45, 2.75) is 32.2 Å². The predicted octanol–water partition coefficient (Wildman–Crippen LogP) is 3.71. The van der Waals surface area contributed by atoms with E-state index in [1.807, 2.05) is 12.1 Å². The zero-order valence-electron chi connectivity index (χ0n) is 11.4. The maximum atomic E-state index is 13.3. The molecule has 2 N–H and O–H groups in total. The molecule has 0 spiro atoms. The molecule has 1 aliphatic heterocycles. The van der Waals surface area contributed by atoms with Gasteiger partial charge in [-0.05, 0) is 65.5 Å². The molecule has 0 amide bonds. The number of benzene rings is 1. The first-order valence-corrected chi connectivity index (χ1v) is 7.84. The van der Waals surface area contributed by atoms with Crippen LogP contribution in [0.2, 0.25) is 0 Å². The van der Waals surface area contributed by atoms with Gasteiger partial charge in [-0.2, -0.15) is 0 Å². The van der Waals surface area contributed by atoms with Crippen molar-refractivity contribution in [2.75, 3.05) is 19.6 Å². The van der Waals surface area contributed by atoms with Gasteiger partial charge in [0.15, 0.2) is 0 Å². The average Bonchev–Trinajstić information content (AvgIpc) is 2.44. The Morgan fingerprint density at radius 3 is 2.63 bits per heavy atom. The van der Waals surface area contributed by atoms with E-state index in [1.165, 1.54) is 25.3 Å². The van der Waals surface area contributed by atoms with E-state index < -0.39 is 0 Å². The van der Waals surface area contributed by atoms with Crippen LogP contribution in [0.15, 0.2) is 22.7 Å². The molecule has 1 saturated heterocycles. The molecular formula is C15H22BrFN2. The van der Waals surface area contributed by atoms with Crippen LogP contribution in [0.5, 0.6) is 0 Å². The fraction of sp³-hybridized carbons (Fsp3) is 0.600. The van der Waals surface area contributed by atoms with Gasteiger partial charge < -0.3 is 5.73 Å². The first-order valence-electron chi connectivity index (χ1n) is 7.04. The number of likely N-dealkylation sites (tertiary alicyclic amines) is 1. The fourth-order valence-corrected chi connectivity index (χ4v) is 3.28. The quantitative estimate of drug-likeness (QED) is 0.912. The van der Waals surface area contributed by atoms with Crippen molar-refractivity contribution in [1.82, 2.24) is 4.90 Å². The third-order valence-electron chi connectivity index (χ3n) is 4.22. The molecule has 1 unspecified atom stereocenters. The molecule has 2 nitrogen and oxygen atoms in total. The Kier molecular flexibility index (Phi) is 5.37. The van der Waals surface area contributed by atoms with Crippen molar-refractivity contribution < 1.29 is 4.39 Å². The Hall–Kier alpha value is -0.450. The molecule has 2 rings (SSSR count). The van der Waals surface area contributed by atoms with Gasteiger partial charge in [0.1, 0.15) is 5.82 Å². The van der Waals surface area contributed by atoms with Gasteiger partial charge in [0.05, 0.1) is 4.47 Å². The van der Waals surface area contributed by atoms with E-state index >= 15 is 0 Å². The lowest BCUT2D eigenvalue weighted by Gasteiger charge is -2.37. The minimum atomic E-state index is -0.218. The molecule has 0 aromatic heterocycles. The highest BCUT2D eigenvalue weighted by Gasteiger charge is 2.24. The molecule has 1 heterocycles. The van der Waals surface area contributed by atoms with Gasteiger partial charge in [-0.1, -0.05) is 19.4 Å². The standard InChI is InChI=1S/C15H22BrFN2/c1-2-11-5-7-19(8-6-11)15(10-18)12-3-4-14(17)13(16)9-12/h3-4,9,11,15H,2,5-8,10,18H2,1H3. The molecule has 19 heavy (non-hydrogen) atoms. The molecule has 0 aliphatic carbocycles. The lowest BCUT2D eigenvalue weighted by Crippen LogP contribution is -2.39. The molecule has 1 aromatic carbocycles. The minimum absolute atomic E-state index is 0.203. The van der Waals surface area contributed by atoms with Crippen molar-refractivity contribution in [3.8, 4) is 0 Å². The molecule has 0 radical (unpaired) electrons. The van der Waals surface area contributed by atoms with Gasteiger partial charge in [0, 0.05) is 12.6 Å². The number of rotatable bonds is 4. The van der Waals surface area contributed by atoms with Crippen LogP contribution in [0.1, 0.15) is 37.8 Å². The third kappa shape index (κ3) is 3.56. The second-order valence-electron chi connectivity index (χ2n) is 5.31. The van der Waals surface area contributed by atoms with Crippen LogP contribution in [0.25, 0.3) is 0 Å². The molecule has 1 atom stereocenters. The van der Waals surface area contributed by atoms with Crippen molar-refractivity contribution in [3.63, 3.8) is 0 Å². The van der Waals surface area contributed by atoms with Crippen LogP contribution in [-0.2, 0) is 0 Å². The van der Waals surface area contributed by atoms with E-state index in [0.29, 0.717) is 11.0 Å². The lowest BCUT2D eigenvalue weighted by atomic mass is 9.92. The number of nitrogens with zero attached hydrogens (tertiary/aromatic N) is 1. The minimum Gasteiger partial charge on any atom is -0.329 e. The number of hydrogen-bond donors (Lipinski definition) is 1. The van der Waals surface area contributed by atoms with E-state index in [-0.39, 0.29) is 11.9 Å². The van der Waals surface area contributed by atoms with Gasteiger partial charge in [-0.15, -0.1) is 0 Å². The summed E-state index contributed by atoms with van der Waals surface area (Å²) in [5.41, 5.74) is 7.04. The molecule has 1 fully saturated rings. The first kappa shape index (κ1) is 14.9. The Balaban J connectivity index is 2.09. The predicted molar refractivity (Wildman–Crippen MR) is 80.5 cm³/mol. The Morgan fingerprint density at radius 2 is 2.11 bits per heavy atom. The third-order valence-corrected chi connectivity index (χ3v) is 4.83. The SMILES string of the molecule is CCC1CCN(C(CN)c2ccc(F)c(Br)c2)CC1. The summed E-state index contributed by atoms with van der Waals surface area (Å²) in [5, 5.41) is 0. The van der Waals surface area contributed by atoms with E-state index in [0.717, 1.165) is 24.6 Å². The van der Waals surface area contributed by atoms with Crippen molar-refractivity contribution in [3.05, 3.63) is 34.1 Å². The summed E-state index contributed by atoms with van der Waals surface area (Å²) in [5.74, 6) is 0.638. The van der Waals surface area contributed by atoms with Crippen molar-refractivity contribution in [1.29, 1.82) is 0 Å². The highest BCUT2D eigenvalue weighted by Crippen LogP contribution is 2.29. The molecule has 0 bridgehead atoms. The molecule has 4 heteroatoms. The Labute approximate surface area is 123 Å². The topological polar surface area (TPSA) is 29.3 Å². The molecule has 1 aliphatic rings. The second kappa shape index (κ2) is 6.82. The highest BCUT2D eigenvalue weighted by molar-refractivity contribution is 9.10. The van der Waals surface area contributed by atoms with Crippen molar-refractivity contribution in [2.24, 2.45) is 11.7 Å². The number of nitrogens with two attached hydrogens (primary N) is 1. The van der Waals surface area contributed by atoms with E-state index in [2.05, 4.69) is 27.8 Å². The summed E-state index contributed by atoms with van der Waals surface area (Å²) >= 11 is 3.25. The summed E-state index contributed by atoms with van der Waals surface area (Å²) < 4.78 is 13.8. The molecule has 0 saturated carbocycles. The monoisotopic (exact) mass is 328 g/mol. The highest BCUT2D eigenvalue weighted by atomic mass is 79.9. The smallest absolute Gasteiger partial charge is 0.137 e. The summed E-state index contributed by atoms with van der Waals surface area (Å²) in [6.07, 6.45) is 3.76. The largest absolute Gasteiger partial charge is 0.329 e. The van der Waals surface area contributed by atoms with Gasteiger partial charge in [0.25, 0.3) is 0 Å². The van der Waals surface area contributed by atoms with Gasteiger partial charge >= 0.3 is 0 Å². The lowest BCUT2D eigenvalue weighted by molar-refractivity contribution is 0.134. The Bertz CT molecular complexity index is 417. The molecular weight excluding hydrogens is 307 g/mol. The van der Waals surface area contributed by atoms with Gasteiger partial charge in [-0.3, -0.25) is 4.90 Å². The van der Waals surface area contributed by atoms with E-state index in [4.69, 9.17) is 5.73 Å². The summed E-state index contributed by atoms with van der Waals surface area (Å²) in [4.78, 5) is 2.44. The zero-order valence-corrected chi connectivity index (χ0v) is 13.0. The van der Waals surface area contributed by atoms with Crippen molar-refractivity contribution >= 4 is 15.9 Å². The fourth-order valence-electron chi connectivity index (χ4n) is 2.89. The number of halogens is 2. The van der Waals surface area contributed by atoms with E-state index in [1.54, 1.807) is 0 Å². The maximum absolute atomic E-state index is 13.3. The molecule has 1 aromatic rings. The van der Waals surface area contributed by atoms with Gasteiger partial charge in [0.2, 0.25) is 0 Å². The molecule has 106 valence electrons. The number of piperidine rings is 1. The summed E-state index contributed by atoms with van der Waals surface area (Å²) in [7, 11) is 0. The van der Waals surface area contributed by atoms with Crippen LogP contribution in [0, 0.1) is 11.7 Å². The normalized spacial score (nSPS) is 19.6. The first-order chi connectivity index (χ1) is 9.15. The van der Waals surface area contributed by atoms with Crippen LogP contribution in [-0.4, -0.2) is 24.5 Å². The van der Waals surface area contributed by atoms with E-state index in [9.17, 15) is 4.39 Å². The summed E-state index contributed by atoms with van der Waals surface area (Å²) in [6.45, 7) is 5.03. The van der Waals surface area contributed by atoms with Crippen LogP contribution >= 0.6 is 15.9 Å². The Morgan fingerprint density at radius 1 is 1.42 bits per heavy atom.